The molecule has 0 spiro atoms. The van der Waals surface area contributed by atoms with Crippen LogP contribution in [0.25, 0.3) is 11.2 Å². The van der Waals surface area contributed by atoms with E-state index in [1.165, 1.54) is 6.33 Å². The number of nitrogens with two attached hydrogens (primary N) is 1. The van der Waals surface area contributed by atoms with Gasteiger partial charge in [0.25, 0.3) is 0 Å². The van der Waals surface area contributed by atoms with Gasteiger partial charge < -0.3 is 0 Å². The molecule has 0 unspecified atom stereocenters. The standard InChI is InChI=1S/C17H23N6O4SSe/c1-2-4-22(9(3-5-28)17(25)26)6-10-12(24)13(29)16(27-10)23-8-21-11-14(18)19-7-20-15(11)23/h2,7-10,12-13,16,24,28H,1,3-6H2,(H,25,26)(H2,18,19,20)/t9-,10+,12+,13+,16+/m0/s1. The van der Waals surface area contributed by atoms with Crippen molar-refractivity contribution >= 4 is 51.6 Å². The Morgan fingerprint density at radius 2 is 2.28 bits per heavy atom. The van der Waals surface area contributed by atoms with Crippen LogP contribution in [-0.4, -0.2) is 93.7 Å². The predicted octanol–water partition coefficient (Wildman–Crippen LogP) is -0.115. The molecule has 0 bridgehead atoms. The van der Waals surface area contributed by atoms with Gasteiger partial charge in [-0.3, -0.25) is 0 Å². The van der Waals surface area contributed by atoms with Crippen LogP contribution in [0.3, 0.4) is 0 Å². The Bertz CT molecular complexity index is 883. The normalized spacial score (nSPS) is 25.5. The monoisotopic (exact) mass is 487 g/mol. The molecule has 4 N–H and O–H groups in total. The second-order valence-electron chi connectivity index (χ2n) is 6.71. The number of aliphatic hydroxyl groups is 1. The van der Waals surface area contributed by atoms with Crippen LogP contribution in [0.2, 0.25) is 4.82 Å². The molecule has 0 saturated carbocycles. The fourth-order valence-electron chi connectivity index (χ4n) is 3.46. The van der Waals surface area contributed by atoms with Gasteiger partial charge in [0.2, 0.25) is 0 Å². The Balaban J connectivity index is 1.83. The minimum absolute atomic E-state index is 0.219. The molecule has 5 atom stereocenters. The van der Waals surface area contributed by atoms with Crippen LogP contribution < -0.4 is 5.73 Å². The SMILES string of the molecule is C=CCN(C[C@H]1O[C@@H](n2cnc3c(N)ncnc32)[C@H]([Se])[C@@H]1O)[C@@H](CCS)C(=O)O. The number of aromatic nitrogens is 4. The van der Waals surface area contributed by atoms with Gasteiger partial charge in [-0.2, -0.15) is 0 Å². The van der Waals surface area contributed by atoms with Gasteiger partial charge in [0.1, 0.15) is 0 Å². The van der Waals surface area contributed by atoms with Crippen LogP contribution in [0.5, 0.6) is 0 Å². The second kappa shape index (κ2) is 9.41. The van der Waals surface area contributed by atoms with Crippen molar-refractivity contribution < 1.29 is 19.7 Å². The fraction of sp³-hybridized carbons (Fsp3) is 0.529. The van der Waals surface area contributed by atoms with E-state index in [1.807, 2.05) is 0 Å². The van der Waals surface area contributed by atoms with E-state index in [4.69, 9.17) is 10.5 Å². The quantitative estimate of drug-likeness (QED) is 0.217. The number of anilines is 1. The summed E-state index contributed by atoms with van der Waals surface area (Å²) in [7, 11) is 0. The first-order chi connectivity index (χ1) is 13.9. The molecule has 0 aromatic carbocycles. The topological polar surface area (TPSA) is 140 Å². The molecule has 1 radical (unpaired) electrons. The Hall–Kier alpha value is -1.69. The number of aliphatic carboxylic acids is 1. The average molecular weight is 486 g/mol. The molecule has 0 amide bonds. The molecule has 10 nitrogen and oxygen atoms in total. The molecule has 29 heavy (non-hydrogen) atoms. The number of imidazole rings is 1. The van der Waals surface area contributed by atoms with Gasteiger partial charge in [0.05, 0.1) is 0 Å². The molecule has 12 heteroatoms. The van der Waals surface area contributed by atoms with Crippen molar-refractivity contribution in [3.8, 4) is 0 Å². The summed E-state index contributed by atoms with van der Waals surface area (Å²) in [5.41, 5.74) is 6.79. The van der Waals surface area contributed by atoms with Gasteiger partial charge in [-0.05, 0) is 0 Å². The number of hydrogen-bond donors (Lipinski definition) is 4. The predicted molar refractivity (Wildman–Crippen MR) is 111 cm³/mol. The number of carboxylic acid groups (broad SMARTS) is 1. The number of hydrogen-bond acceptors (Lipinski definition) is 9. The van der Waals surface area contributed by atoms with E-state index in [-0.39, 0.29) is 12.4 Å². The summed E-state index contributed by atoms with van der Waals surface area (Å²) in [5.74, 6) is -0.265. The Morgan fingerprint density at radius 3 is 2.93 bits per heavy atom. The molecule has 0 aliphatic carbocycles. The van der Waals surface area contributed by atoms with Gasteiger partial charge in [0, 0.05) is 0 Å². The first kappa shape index (κ1) is 22.0. The third-order valence-corrected chi connectivity index (χ3v) is 6.21. The minimum atomic E-state index is -0.947. The number of carbonyl (C=O) groups is 1. The summed E-state index contributed by atoms with van der Waals surface area (Å²) >= 11 is 7.11. The van der Waals surface area contributed by atoms with Crippen LogP contribution in [0, 0.1) is 0 Å². The van der Waals surface area contributed by atoms with Crippen LogP contribution in [-0.2, 0) is 9.53 Å². The van der Waals surface area contributed by atoms with Crippen LogP contribution in [0.1, 0.15) is 12.6 Å². The molecule has 3 rings (SSSR count). The zero-order chi connectivity index (χ0) is 21.1. The molecular weight excluding hydrogens is 463 g/mol. The molecule has 1 aliphatic rings. The number of fused-ring (bicyclic) bond motifs is 1. The summed E-state index contributed by atoms with van der Waals surface area (Å²) in [6.45, 7) is 4.27. The number of thiol groups is 1. The van der Waals surface area contributed by atoms with E-state index in [9.17, 15) is 15.0 Å². The van der Waals surface area contributed by atoms with Gasteiger partial charge in [-0.15, -0.1) is 0 Å². The van der Waals surface area contributed by atoms with Crippen molar-refractivity contribution in [3.05, 3.63) is 25.3 Å². The van der Waals surface area contributed by atoms with E-state index >= 15 is 0 Å². The Labute approximate surface area is 181 Å². The molecule has 3 heterocycles. The van der Waals surface area contributed by atoms with Gasteiger partial charge in [-0.25, -0.2) is 0 Å². The first-order valence-electron chi connectivity index (χ1n) is 9.00. The third-order valence-electron chi connectivity index (χ3n) is 4.88. The second-order valence-corrected chi connectivity index (χ2v) is 8.30. The average Bonchev–Trinajstić information content (AvgIpc) is 3.23. The van der Waals surface area contributed by atoms with Gasteiger partial charge in [-0.1, -0.05) is 0 Å². The molecular formula is C17H23N6O4SSe. The molecule has 2 aromatic rings. The Kier molecular flexibility index (Phi) is 7.14. The van der Waals surface area contributed by atoms with E-state index in [0.717, 1.165) is 0 Å². The number of ether oxygens (including phenoxy) is 1. The zero-order valence-electron chi connectivity index (χ0n) is 15.5. The molecule has 1 fully saturated rings. The van der Waals surface area contributed by atoms with E-state index in [1.54, 1.807) is 21.9 Å². The van der Waals surface area contributed by atoms with Crippen LogP contribution in [0.15, 0.2) is 25.3 Å². The summed E-state index contributed by atoms with van der Waals surface area (Å²) < 4.78 is 7.81. The molecule has 157 valence electrons. The van der Waals surface area contributed by atoms with Crippen molar-refractivity contribution in [1.29, 1.82) is 0 Å². The number of rotatable bonds is 9. The van der Waals surface area contributed by atoms with E-state index in [2.05, 4.69) is 50.2 Å². The van der Waals surface area contributed by atoms with E-state index in [0.29, 0.717) is 29.9 Å². The van der Waals surface area contributed by atoms with Gasteiger partial charge >= 0.3 is 181 Å². The number of nitrogen functional groups attached to an aromatic ring is 1. The summed E-state index contributed by atoms with van der Waals surface area (Å²) in [6, 6.07) is -0.749. The summed E-state index contributed by atoms with van der Waals surface area (Å²) in [6.07, 6.45) is 2.83. The number of aliphatic hydroxyl groups excluding tert-OH is 1. The van der Waals surface area contributed by atoms with Crippen LogP contribution >= 0.6 is 12.6 Å². The maximum atomic E-state index is 11.7. The maximum absolute atomic E-state index is 11.7. The van der Waals surface area contributed by atoms with Crippen molar-refractivity contribution in [3.63, 3.8) is 0 Å². The molecule has 1 aliphatic heterocycles. The van der Waals surface area contributed by atoms with Crippen molar-refractivity contribution in [1.82, 2.24) is 24.4 Å². The number of nitrogens with zero attached hydrogens (tertiary/aromatic N) is 5. The van der Waals surface area contributed by atoms with Crippen molar-refractivity contribution in [2.24, 2.45) is 0 Å². The molecule has 2 aromatic heterocycles. The summed E-state index contributed by atoms with van der Waals surface area (Å²) in [5, 5.41) is 20.3. The summed E-state index contributed by atoms with van der Waals surface area (Å²) in [4.78, 5) is 25.4. The first-order valence-corrected chi connectivity index (χ1v) is 10.6. The molecule has 1 saturated heterocycles. The third kappa shape index (κ3) is 4.42. The van der Waals surface area contributed by atoms with Crippen molar-refractivity contribution in [2.45, 2.75) is 35.7 Å². The van der Waals surface area contributed by atoms with Crippen molar-refractivity contribution in [2.75, 3.05) is 24.6 Å². The van der Waals surface area contributed by atoms with Gasteiger partial charge in [0.15, 0.2) is 0 Å². The number of carboxylic acids is 1. The van der Waals surface area contributed by atoms with Crippen LogP contribution in [0.4, 0.5) is 5.82 Å². The van der Waals surface area contributed by atoms with E-state index < -0.39 is 35.3 Å². The fourth-order valence-corrected chi connectivity index (χ4v) is 4.48. The Morgan fingerprint density at radius 1 is 1.52 bits per heavy atom. The zero-order valence-corrected chi connectivity index (χ0v) is 18.1.